The Hall–Kier alpha value is -3.06. The molecule has 0 radical (unpaired) electrons. The second kappa shape index (κ2) is 8.35. The summed E-state index contributed by atoms with van der Waals surface area (Å²) in [5.41, 5.74) is 0.732. The molecule has 1 aliphatic heterocycles. The number of hydrogen-bond donors (Lipinski definition) is 3. The van der Waals surface area contributed by atoms with E-state index in [1.54, 1.807) is 48.5 Å². The fourth-order valence-corrected chi connectivity index (χ4v) is 2.52. The van der Waals surface area contributed by atoms with Gasteiger partial charge in [0.25, 0.3) is 11.8 Å². The first-order valence-electron chi connectivity index (χ1n) is 8.33. The Bertz CT molecular complexity index is 728. The lowest BCUT2D eigenvalue weighted by atomic mass is 10.2. The number of aliphatic hydroxyl groups is 1. The minimum atomic E-state index is -0.924. The molecule has 0 spiro atoms. The number of nitrogens with one attached hydrogen (secondary N) is 2. The first-order valence-corrected chi connectivity index (χ1v) is 8.33. The molecule has 1 heterocycles. The molecule has 0 fully saturated rings. The molecule has 136 valence electrons. The summed E-state index contributed by atoms with van der Waals surface area (Å²) in [4.78, 5) is 24.6. The van der Waals surface area contributed by atoms with Gasteiger partial charge in [0.15, 0.2) is 0 Å². The van der Waals surface area contributed by atoms with Gasteiger partial charge in [0.05, 0.1) is 11.1 Å². The van der Waals surface area contributed by atoms with Crippen LogP contribution in [0.5, 0.6) is 11.5 Å². The number of fused-ring (bicyclic) bond motifs is 2. The lowest BCUT2D eigenvalue weighted by Crippen LogP contribution is -2.34. The zero-order valence-corrected chi connectivity index (χ0v) is 14.1. The Kier molecular flexibility index (Phi) is 5.70. The molecule has 0 saturated heterocycles. The maximum atomic E-state index is 12.3. The summed E-state index contributed by atoms with van der Waals surface area (Å²) in [7, 11) is 0. The molecule has 2 amide bonds. The molecule has 0 saturated carbocycles. The van der Waals surface area contributed by atoms with Crippen LogP contribution >= 0.6 is 0 Å². The molecule has 2 aromatic carbocycles. The van der Waals surface area contributed by atoms with Crippen molar-refractivity contribution >= 4 is 11.8 Å². The molecule has 0 unspecified atom stereocenters. The third kappa shape index (κ3) is 4.31. The topological polar surface area (TPSA) is 96.9 Å². The predicted octanol–water partition coefficient (Wildman–Crippen LogP) is 0.978. The fraction of sp³-hybridized carbons (Fsp3) is 0.263. The van der Waals surface area contributed by atoms with Gasteiger partial charge in [0.2, 0.25) is 0 Å². The van der Waals surface area contributed by atoms with E-state index in [9.17, 15) is 14.7 Å². The van der Waals surface area contributed by atoms with E-state index < -0.39 is 6.10 Å². The monoisotopic (exact) mass is 356 g/mol. The van der Waals surface area contributed by atoms with Crippen LogP contribution in [0.1, 0.15) is 20.7 Å². The first-order chi connectivity index (χ1) is 12.6. The number of ether oxygens (including phenoxy) is 2. The number of amides is 2. The number of carbonyl (C=O) groups excluding carboxylic acids is 2. The molecule has 7 nitrogen and oxygen atoms in total. The number of carbonyl (C=O) groups is 2. The van der Waals surface area contributed by atoms with Gasteiger partial charge in [0, 0.05) is 13.1 Å². The first kappa shape index (κ1) is 17.8. The summed E-state index contributed by atoms with van der Waals surface area (Å²) in [6, 6.07) is 13.6. The minimum Gasteiger partial charge on any atom is -0.490 e. The average molecular weight is 356 g/mol. The van der Waals surface area contributed by atoms with E-state index in [2.05, 4.69) is 10.6 Å². The van der Waals surface area contributed by atoms with Gasteiger partial charge in [-0.3, -0.25) is 9.59 Å². The van der Waals surface area contributed by atoms with Gasteiger partial charge in [-0.2, -0.15) is 0 Å². The highest BCUT2D eigenvalue weighted by Gasteiger charge is 2.17. The highest BCUT2D eigenvalue weighted by atomic mass is 16.5. The summed E-state index contributed by atoms with van der Waals surface area (Å²) >= 11 is 0. The second-order valence-electron chi connectivity index (χ2n) is 5.78. The predicted molar refractivity (Wildman–Crippen MR) is 94.5 cm³/mol. The van der Waals surface area contributed by atoms with Crippen molar-refractivity contribution in [2.24, 2.45) is 0 Å². The Morgan fingerprint density at radius 1 is 0.769 bits per heavy atom. The average Bonchev–Trinajstić information content (AvgIpc) is 2.67. The quantitative estimate of drug-likeness (QED) is 0.654. The van der Waals surface area contributed by atoms with Crippen molar-refractivity contribution in [3.8, 4) is 11.5 Å². The largest absolute Gasteiger partial charge is 0.490 e. The van der Waals surface area contributed by atoms with Crippen LogP contribution in [0.3, 0.4) is 0 Å². The molecular formula is C19H20N2O5. The summed E-state index contributed by atoms with van der Waals surface area (Å²) in [5, 5.41) is 15.6. The van der Waals surface area contributed by atoms with Crippen molar-refractivity contribution in [2.45, 2.75) is 6.10 Å². The number of rotatable bonds is 0. The van der Waals surface area contributed by atoms with Crippen molar-refractivity contribution < 1.29 is 24.2 Å². The van der Waals surface area contributed by atoms with Crippen LogP contribution in [0, 0.1) is 0 Å². The zero-order valence-electron chi connectivity index (χ0n) is 14.1. The lowest BCUT2D eigenvalue weighted by molar-refractivity contribution is 0.0613. The van der Waals surface area contributed by atoms with E-state index in [-0.39, 0.29) is 38.1 Å². The SMILES string of the molecule is O=C1NCCNC(=O)c2ccccc2OCC(O)COc2ccccc21. The van der Waals surface area contributed by atoms with E-state index in [1.807, 2.05) is 0 Å². The van der Waals surface area contributed by atoms with Gasteiger partial charge in [-0.05, 0) is 24.3 Å². The van der Waals surface area contributed by atoms with Crippen LogP contribution in [0.2, 0.25) is 0 Å². The Balaban J connectivity index is 1.81. The van der Waals surface area contributed by atoms with Crippen LogP contribution in [0.4, 0.5) is 0 Å². The maximum absolute atomic E-state index is 12.3. The molecule has 0 atom stereocenters. The van der Waals surface area contributed by atoms with E-state index in [0.29, 0.717) is 22.6 Å². The van der Waals surface area contributed by atoms with Crippen molar-refractivity contribution in [2.75, 3.05) is 26.3 Å². The van der Waals surface area contributed by atoms with Gasteiger partial charge in [0.1, 0.15) is 30.8 Å². The summed E-state index contributed by atoms with van der Waals surface area (Å²) < 4.78 is 11.2. The van der Waals surface area contributed by atoms with Crippen molar-refractivity contribution in [3.05, 3.63) is 59.7 Å². The standard InChI is InChI=1S/C19H20N2O5/c22-13-11-25-16-7-3-1-5-14(16)18(23)20-9-10-21-19(24)15-6-2-4-8-17(15)26-12-13/h1-8,13,22H,9-12H2,(H,20,23)(H,21,24). The van der Waals surface area contributed by atoms with Crippen LogP contribution in [-0.4, -0.2) is 49.3 Å². The number of hydrogen-bond acceptors (Lipinski definition) is 5. The second-order valence-corrected chi connectivity index (χ2v) is 5.78. The zero-order chi connectivity index (χ0) is 18.4. The van der Waals surface area contributed by atoms with Crippen LogP contribution in [0.25, 0.3) is 0 Å². The summed E-state index contributed by atoms with van der Waals surface area (Å²) in [5.74, 6) is 0.137. The van der Waals surface area contributed by atoms with Crippen LogP contribution < -0.4 is 20.1 Å². The summed E-state index contributed by atoms with van der Waals surface area (Å²) in [6.45, 7) is 0.451. The van der Waals surface area contributed by atoms with E-state index in [0.717, 1.165) is 0 Å². The fourth-order valence-electron chi connectivity index (χ4n) is 2.52. The van der Waals surface area contributed by atoms with E-state index in [1.165, 1.54) is 0 Å². The number of para-hydroxylation sites is 2. The highest BCUT2D eigenvalue weighted by molar-refractivity contribution is 5.98. The van der Waals surface area contributed by atoms with Gasteiger partial charge >= 0.3 is 0 Å². The smallest absolute Gasteiger partial charge is 0.255 e. The lowest BCUT2D eigenvalue weighted by Gasteiger charge is -2.16. The van der Waals surface area contributed by atoms with E-state index in [4.69, 9.17) is 9.47 Å². The number of aliphatic hydroxyl groups excluding tert-OH is 1. The third-order valence-corrected chi connectivity index (χ3v) is 3.82. The molecule has 26 heavy (non-hydrogen) atoms. The molecule has 1 aliphatic rings. The minimum absolute atomic E-state index is 0.0430. The van der Waals surface area contributed by atoms with Crippen LogP contribution in [-0.2, 0) is 0 Å². The van der Waals surface area contributed by atoms with Crippen LogP contribution in [0.15, 0.2) is 48.5 Å². The van der Waals surface area contributed by atoms with E-state index >= 15 is 0 Å². The number of benzene rings is 2. The van der Waals surface area contributed by atoms with Gasteiger partial charge in [-0.1, -0.05) is 24.3 Å². The van der Waals surface area contributed by atoms with Gasteiger partial charge < -0.3 is 25.2 Å². The Morgan fingerprint density at radius 2 is 1.19 bits per heavy atom. The molecule has 2 aromatic rings. The molecule has 3 rings (SSSR count). The molecule has 0 aliphatic carbocycles. The summed E-state index contributed by atoms with van der Waals surface area (Å²) in [6.07, 6.45) is -0.924. The maximum Gasteiger partial charge on any atom is 0.255 e. The molecule has 3 N–H and O–H groups in total. The van der Waals surface area contributed by atoms with Gasteiger partial charge in [-0.15, -0.1) is 0 Å². The highest BCUT2D eigenvalue weighted by Crippen LogP contribution is 2.20. The van der Waals surface area contributed by atoms with Crippen molar-refractivity contribution in [1.82, 2.24) is 10.6 Å². The van der Waals surface area contributed by atoms with Crippen molar-refractivity contribution in [1.29, 1.82) is 0 Å². The molecular weight excluding hydrogens is 336 g/mol. The molecule has 0 bridgehead atoms. The molecule has 7 heteroatoms. The Labute approximate surface area is 150 Å². The van der Waals surface area contributed by atoms with Gasteiger partial charge in [-0.25, -0.2) is 0 Å². The Morgan fingerprint density at radius 3 is 1.65 bits per heavy atom. The normalized spacial score (nSPS) is 16.5. The van der Waals surface area contributed by atoms with Crippen molar-refractivity contribution in [3.63, 3.8) is 0 Å². The molecule has 0 aromatic heterocycles. The third-order valence-electron chi connectivity index (χ3n) is 3.82.